The number of nitrogens with one attached hydrogen (secondary N) is 3. The van der Waals surface area contributed by atoms with Crippen LogP contribution in [0.4, 0.5) is 0 Å². The van der Waals surface area contributed by atoms with Crippen molar-refractivity contribution in [3.63, 3.8) is 0 Å². The first-order chi connectivity index (χ1) is 17.4. The largest absolute Gasteiger partial charge is 0.497 e. The first-order valence-electron chi connectivity index (χ1n) is 11.4. The fourth-order valence-electron chi connectivity index (χ4n) is 3.68. The number of hydrazine groups is 1. The number of methoxy groups -OCH3 is 1. The number of hydrogen-bond donors (Lipinski definition) is 3. The molecular weight excluding hydrogens is 460 g/mol. The third kappa shape index (κ3) is 5.35. The molecule has 3 N–H and O–H groups in total. The van der Waals surface area contributed by atoms with E-state index in [9.17, 15) is 14.4 Å². The van der Waals surface area contributed by atoms with Gasteiger partial charge in [0.1, 0.15) is 17.5 Å². The molecule has 0 aliphatic carbocycles. The molecule has 0 saturated heterocycles. The predicted molar refractivity (Wildman–Crippen MR) is 134 cm³/mol. The number of rotatable bonds is 7. The van der Waals surface area contributed by atoms with E-state index in [1.54, 1.807) is 74.5 Å². The van der Waals surface area contributed by atoms with Crippen LogP contribution in [-0.4, -0.2) is 35.9 Å². The van der Waals surface area contributed by atoms with Crippen LogP contribution in [-0.2, 0) is 4.79 Å². The number of carbonyl (C=O) groups excluding carboxylic acids is 3. The maximum absolute atomic E-state index is 13.1. The number of carbonyl (C=O) groups is 3. The summed E-state index contributed by atoms with van der Waals surface area (Å²) in [7, 11) is 1.54. The van der Waals surface area contributed by atoms with Gasteiger partial charge < -0.3 is 14.5 Å². The number of fused-ring (bicyclic) bond motifs is 1. The first kappa shape index (κ1) is 24.5. The average Bonchev–Trinajstić information content (AvgIpc) is 3.44. The molecule has 0 aliphatic heterocycles. The molecular formula is C27H26N4O5. The normalized spacial score (nSPS) is 11.7. The Balaban J connectivity index is 1.49. The number of nitrogens with zero attached hydrogens (tertiary/aromatic N) is 1. The van der Waals surface area contributed by atoms with E-state index in [4.69, 9.17) is 9.15 Å². The second kappa shape index (κ2) is 10.7. The van der Waals surface area contributed by atoms with Crippen molar-refractivity contribution >= 4 is 28.6 Å². The number of para-hydroxylation sites is 1. The van der Waals surface area contributed by atoms with Crippen LogP contribution in [0, 0.1) is 5.92 Å². The van der Waals surface area contributed by atoms with E-state index < -0.39 is 23.8 Å². The summed E-state index contributed by atoms with van der Waals surface area (Å²) in [6, 6.07) is 17.9. The van der Waals surface area contributed by atoms with Gasteiger partial charge in [-0.3, -0.25) is 25.2 Å². The van der Waals surface area contributed by atoms with Crippen LogP contribution in [0.15, 0.2) is 77.4 Å². The van der Waals surface area contributed by atoms with Gasteiger partial charge in [0, 0.05) is 10.9 Å². The van der Waals surface area contributed by atoms with Gasteiger partial charge in [0.15, 0.2) is 5.76 Å². The number of furan rings is 1. The molecule has 1 atom stereocenters. The number of hydrogen-bond acceptors (Lipinski definition) is 6. The molecule has 3 amide bonds. The lowest BCUT2D eigenvalue weighted by Gasteiger charge is -2.22. The second-order valence-corrected chi connectivity index (χ2v) is 8.42. The molecule has 4 rings (SSSR count). The van der Waals surface area contributed by atoms with Crippen LogP contribution >= 0.6 is 0 Å². The molecule has 9 nitrogen and oxygen atoms in total. The average molecular weight is 487 g/mol. The summed E-state index contributed by atoms with van der Waals surface area (Å²) in [5, 5.41) is 3.34. The highest BCUT2D eigenvalue weighted by atomic mass is 16.5. The van der Waals surface area contributed by atoms with E-state index in [2.05, 4.69) is 21.2 Å². The summed E-state index contributed by atoms with van der Waals surface area (Å²) in [5.74, 6) is -0.604. The van der Waals surface area contributed by atoms with Gasteiger partial charge in [-0.2, -0.15) is 0 Å². The quantitative estimate of drug-likeness (QED) is 0.342. The lowest BCUT2D eigenvalue weighted by Crippen LogP contribution is -2.54. The van der Waals surface area contributed by atoms with E-state index in [1.807, 2.05) is 6.07 Å². The number of ether oxygens (including phenoxy) is 1. The van der Waals surface area contributed by atoms with Crippen LogP contribution in [0.3, 0.4) is 0 Å². The summed E-state index contributed by atoms with van der Waals surface area (Å²) in [5.41, 5.74) is 6.69. The standard InChI is InChI=1S/C27H26N4O5/c1-16(2)24(29-25(32)17-10-12-18(35-3)13-11-17)27(34)31-30-26(33)20-15-22(23-9-6-14-36-23)28-21-8-5-4-7-19(20)21/h4-16,24H,1-3H3,(H,29,32)(H,30,33)(H,31,34). The zero-order valence-electron chi connectivity index (χ0n) is 20.1. The monoisotopic (exact) mass is 486 g/mol. The van der Waals surface area contributed by atoms with E-state index in [1.165, 1.54) is 13.4 Å². The van der Waals surface area contributed by atoms with Gasteiger partial charge >= 0.3 is 0 Å². The molecule has 9 heteroatoms. The summed E-state index contributed by atoms with van der Waals surface area (Å²) >= 11 is 0. The Morgan fingerprint density at radius 1 is 0.917 bits per heavy atom. The molecule has 0 aliphatic rings. The number of benzene rings is 2. The highest BCUT2D eigenvalue weighted by Gasteiger charge is 2.25. The van der Waals surface area contributed by atoms with Crippen LogP contribution in [0.2, 0.25) is 0 Å². The molecule has 2 aromatic heterocycles. The molecule has 36 heavy (non-hydrogen) atoms. The van der Waals surface area contributed by atoms with Crippen molar-refractivity contribution in [2.24, 2.45) is 5.92 Å². The Bertz CT molecular complexity index is 1380. The van der Waals surface area contributed by atoms with Crippen LogP contribution in [0.25, 0.3) is 22.4 Å². The number of amides is 3. The molecule has 2 heterocycles. The van der Waals surface area contributed by atoms with E-state index >= 15 is 0 Å². The molecule has 0 saturated carbocycles. The van der Waals surface area contributed by atoms with Gasteiger partial charge in [-0.1, -0.05) is 32.0 Å². The Kier molecular flexibility index (Phi) is 7.29. The minimum atomic E-state index is -0.882. The van der Waals surface area contributed by atoms with Gasteiger partial charge in [-0.05, 0) is 54.4 Å². The first-order valence-corrected chi connectivity index (χ1v) is 11.4. The highest BCUT2D eigenvalue weighted by Crippen LogP contribution is 2.25. The molecule has 184 valence electrons. The molecule has 2 aromatic carbocycles. The zero-order valence-corrected chi connectivity index (χ0v) is 20.1. The Morgan fingerprint density at radius 2 is 1.67 bits per heavy atom. The van der Waals surface area contributed by atoms with Crippen molar-refractivity contribution in [3.05, 3.63) is 84.1 Å². The van der Waals surface area contributed by atoms with Crippen molar-refractivity contribution < 1.29 is 23.5 Å². The Labute approximate surface area is 207 Å². The van der Waals surface area contributed by atoms with E-state index in [0.717, 1.165) is 0 Å². The van der Waals surface area contributed by atoms with E-state index in [-0.39, 0.29) is 5.92 Å². The molecule has 4 aromatic rings. The fourth-order valence-corrected chi connectivity index (χ4v) is 3.68. The summed E-state index contributed by atoms with van der Waals surface area (Å²) in [6.45, 7) is 3.60. The Morgan fingerprint density at radius 3 is 2.33 bits per heavy atom. The van der Waals surface area contributed by atoms with Gasteiger partial charge in [0.05, 0.1) is 24.5 Å². The smallest absolute Gasteiger partial charge is 0.270 e. The Hall–Kier alpha value is -4.66. The third-order valence-corrected chi connectivity index (χ3v) is 5.62. The second-order valence-electron chi connectivity index (χ2n) is 8.42. The topological polar surface area (TPSA) is 123 Å². The van der Waals surface area contributed by atoms with Crippen molar-refractivity contribution in [2.45, 2.75) is 19.9 Å². The van der Waals surface area contributed by atoms with Gasteiger partial charge in [-0.25, -0.2) is 4.98 Å². The molecule has 0 spiro atoms. The van der Waals surface area contributed by atoms with Crippen molar-refractivity contribution in [3.8, 4) is 17.2 Å². The summed E-state index contributed by atoms with van der Waals surface area (Å²) in [4.78, 5) is 43.3. The summed E-state index contributed by atoms with van der Waals surface area (Å²) < 4.78 is 10.5. The molecule has 0 bridgehead atoms. The van der Waals surface area contributed by atoms with Gasteiger partial charge in [0.2, 0.25) is 0 Å². The van der Waals surface area contributed by atoms with E-state index in [0.29, 0.717) is 39.2 Å². The lowest BCUT2D eigenvalue weighted by molar-refractivity contribution is -0.124. The van der Waals surface area contributed by atoms with Crippen LogP contribution in [0.1, 0.15) is 34.6 Å². The van der Waals surface area contributed by atoms with Gasteiger partial charge in [0.25, 0.3) is 17.7 Å². The number of pyridine rings is 1. The predicted octanol–water partition coefficient (Wildman–Crippen LogP) is 3.72. The fraction of sp³-hybridized carbons (Fsp3) is 0.185. The van der Waals surface area contributed by atoms with Crippen molar-refractivity contribution in [1.29, 1.82) is 0 Å². The van der Waals surface area contributed by atoms with Crippen LogP contribution < -0.4 is 20.9 Å². The molecule has 0 radical (unpaired) electrons. The minimum absolute atomic E-state index is 0.239. The summed E-state index contributed by atoms with van der Waals surface area (Å²) in [6.07, 6.45) is 1.53. The SMILES string of the molecule is COc1ccc(C(=O)NC(C(=O)NNC(=O)c2cc(-c3ccco3)nc3ccccc23)C(C)C)cc1. The van der Waals surface area contributed by atoms with Crippen molar-refractivity contribution in [2.75, 3.05) is 7.11 Å². The third-order valence-electron chi connectivity index (χ3n) is 5.62. The maximum atomic E-state index is 13.1. The van der Waals surface area contributed by atoms with Crippen molar-refractivity contribution in [1.82, 2.24) is 21.2 Å². The lowest BCUT2D eigenvalue weighted by atomic mass is 10.0. The maximum Gasteiger partial charge on any atom is 0.270 e. The highest BCUT2D eigenvalue weighted by molar-refractivity contribution is 6.07. The number of aromatic nitrogens is 1. The van der Waals surface area contributed by atoms with Gasteiger partial charge in [-0.15, -0.1) is 0 Å². The molecule has 1 unspecified atom stereocenters. The van der Waals surface area contributed by atoms with Crippen LogP contribution in [0.5, 0.6) is 5.75 Å². The molecule has 0 fully saturated rings. The minimum Gasteiger partial charge on any atom is -0.497 e. The zero-order chi connectivity index (χ0) is 25.7.